The van der Waals surface area contributed by atoms with E-state index in [1.54, 1.807) is 0 Å². The molecule has 0 aliphatic heterocycles. The summed E-state index contributed by atoms with van der Waals surface area (Å²) in [5.41, 5.74) is 0. The van der Waals surface area contributed by atoms with E-state index in [2.05, 4.69) is 4.98 Å². The Hall–Kier alpha value is -1.16. The van der Waals surface area contributed by atoms with E-state index >= 15 is 0 Å². The largest absolute Gasteiger partial charge is 0.440 e. The first kappa shape index (κ1) is 8.93. The fourth-order valence-corrected chi connectivity index (χ4v) is 0.802. The fourth-order valence-electron chi connectivity index (χ4n) is 0.802. The molecule has 1 aromatic heterocycles. The molecule has 1 rings (SSSR count). The van der Waals surface area contributed by atoms with Crippen LogP contribution in [0.5, 0.6) is 0 Å². The van der Waals surface area contributed by atoms with Gasteiger partial charge in [-0.2, -0.15) is 0 Å². The van der Waals surface area contributed by atoms with Gasteiger partial charge in [0.25, 0.3) is 0 Å². The zero-order chi connectivity index (χ0) is 8.97. The lowest BCUT2D eigenvalue weighted by Gasteiger charge is -2.06. The van der Waals surface area contributed by atoms with E-state index in [0.717, 1.165) is 6.54 Å². The van der Waals surface area contributed by atoms with Crippen molar-refractivity contribution >= 4 is 5.78 Å². The number of oxazole rings is 1. The highest BCUT2D eigenvalue weighted by Gasteiger charge is 2.08. The number of ketones is 1. The van der Waals surface area contributed by atoms with Crippen LogP contribution in [0, 0.1) is 0 Å². The van der Waals surface area contributed by atoms with Gasteiger partial charge in [-0.1, -0.05) is 0 Å². The third-order valence-electron chi connectivity index (χ3n) is 1.49. The minimum Gasteiger partial charge on any atom is -0.440 e. The topological polar surface area (TPSA) is 46.3 Å². The first-order chi connectivity index (χ1) is 5.70. The summed E-state index contributed by atoms with van der Waals surface area (Å²) >= 11 is 0. The number of nitrogens with zero attached hydrogens (tertiary/aromatic N) is 2. The van der Waals surface area contributed by atoms with Crippen molar-refractivity contribution in [3.63, 3.8) is 0 Å². The van der Waals surface area contributed by atoms with E-state index in [9.17, 15) is 4.79 Å². The van der Waals surface area contributed by atoms with Crippen LogP contribution in [0.2, 0.25) is 0 Å². The van der Waals surface area contributed by atoms with Crippen LogP contribution in [0.15, 0.2) is 17.0 Å². The highest BCUT2D eigenvalue weighted by atomic mass is 16.3. The second-order valence-electron chi connectivity index (χ2n) is 2.84. The van der Waals surface area contributed by atoms with Gasteiger partial charge in [0.2, 0.25) is 5.78 Å². The predicted octanol–water partition coefficient (Wildman–Crippen LogP) is 0.809. The van der Waals surface area contributed by atoms with Gasteiger partial charge in [-0.25, -0.2) is 4.98 Å². The second-order valence-corrected chi connectivity index (χ2v) is 2.84. The van der Waals surface area contributed by atoms with Gasteiger partial charge in [0.05, 0.1) is 6.20 Å². The number of carbonyl (C=O) groups is 1. The Kier molecular flexibility index (Phi) is 2.99. The van der Waals surface area contributed by atoms with Crippen LogP contribution < -0.4 is 0 Å². The Balaban J connectivity index is 2.40. The molecule has 0 N–H and O–H groups in total. The molecule has 1 heterocycles. The average Bonchev–Trinajstić information content (AvgIpc) is 2.51. The minimum absolute atomic E-state index is 0.00111. The van der Waals surface area contributed by atoms with Crippen LogP contribution in [-0.4, -0.2) is 36.3 Å². The lowest BCUT2D eigenvalue weighted by molar-refractivity contribution is 0.0945. The summed E-state index contributed by atoms with van der Waals surface area (Å²) in [7, 11) is 3.85. The predicted molar refractivity (Wildman–Crippen MR) is 44.0 cm³/mol. The van der Waals surface area contributed by atoms with Gasteiger partial charge >= 0.3 is 0 Å². The summed E-state index contributed by atoms with van der Waals surface area (Å²) in [5.74, 6) is 0.345. The second kappa shape index (κ2) is 4.01. The Morgan fingerprint density at radius 3 is 2.92 bits per heavy atom. The lowest BCUT2D eigenvalue weighted by Crippen LogP contribution is -2.16. The first-order valence-electron chi connectivity index (χ1n) is 3.76. The van der Waals surface area contributed by atoms with Crippen molar-refractivity contribution in [2.45, 2.75) is 6.42 Å². The third-order valence-corrected chi connectivity index (χ3v) is 1.49. The van der Waals surface area contributed by atoms with Crippen LogP contribution in [0.3, 0.4) is 0 Å². The normalized spacial score (nSPS) is 10.6. The molecule has 0 atom stereocenters. The van der Waals surface area contributed by atoms with Crippen molar-refractivity contribution in [2.75, 3.05) is 20.6 Å². The SMILES string of the molecule is CN(C)CCC(=O)c1cnco1. The number of hydrogen-bond donors (Lipinski definition) is 0. The Bertz CT molecular complexity index is 242. The Morgan fingerprint density at radius 1 is 1.67 bits per heavy atom. The molecule has 0 spiro atoms. The molecular formula is C8H12N2O2. The number of Topliss-reactive ketones (excluding diaryl/α,β-unsaturated/α-hetero) is 1. The van der Waals surface area contributed by atoms with Gasteiger partial charge in [-0.3, -0.25) is 4.79 Å². The Morgan fingerprint density at radius 2 is 2.42 bits per heavy atom. The number of aromatic nitrogens is 1. The lowest BCUT2D eigenvalue weighted by atomic mass is 10.2. The van der Waals surface area contributed by atoms with Crippen LogP contribution >= 0.6 is 0 Å². The average molecular weight is 168 g/mol. The molecule has 0 aliphatic carbocycles. The van der Waals surface area contributed by atoms with Crippen molar-refractivity contribution < 1.29 is 9.21 Å². The maximum Gasteiger partial charge on any atom is 0.200 e. The van der Waals surface area contributed by atoms with Crippen molar-refractivity contribution in [3.05, 3.63) is 18.4 Å². The highest BCUT2D eigenvalue weighted by molar-refractivity contribution is 5.93. The fraction of sp³-hybridized carbons (Fsp3) is 0.500. The van der Waals surface area contributed by atoms with Crippen molar-refractivity contribution in [1.29, 1.82) is 0 Å². The molecular weight excluding hydrogens is 156 g/mol. The molecule has 4 nitrogen and oxygen atoms in total. The molecule has 0 fully saturated rings. The molecule has 0 aliphatic rings. The molecule has 0 amide bonds. The van der Waals surface area contributed by atoms with E-state index < -0.39 is 0 Å². The first-order valence-corrected chi connectivity index (χ1v) is 3.76. The maximum absolute atomic E-state index is 11.2. The number of hydrogen-bond acceptors (Lipinski definition) is 4. The van der Waals surface area contributed by atoms with Crippen LogP contribution in [-0.2, 0) is 0 Å². The van der Waals surface area contributed by atoms with Gasteiger partial charge < -0.3 is 9.32 Å². The molecule has 4 heteroatoms. The smallest absolute Gasteiger partial charge is 0.200 e. The van der Waals surface area contributed by atoms with Crippen LogP contribution in [0.1, 0.15) is 17.0 Å². The number of carbonyl (C=O) groups excluding carboxylic acids is 1. The monoisotopic (exact) mass is 168 g/mol. The van der Waals surface area contributed by atoms with Crippen molar-refractivity contribution in [2.24, 2.45) is 0 Å². The summed E-state index contributed by atoms with van der Waals surface area (Å²) in [6.07, 6.45) is 3.18. The summed E-state index contributed by atoms with van der Waals surface area (Å²) in [4.78, 5) is 16.9. The third kappa shape index (κ3) is 2.47. The van der Waals surface area contributed by atoms with Crippen LogP contribution in [0.25, 0.3) is 0 Å². The highest BCUT2D eigenvalue weighted by Crippen LogP contribution is 2.01. The van der Waals surface area contributed by atoms with Gasteiger partial charge in [0, 0.05) is 13.0 Å². The van der Waals surface area contributed by atoms with E-state index in [1.165, 1.54) is 12.6 Å². The molecule has 0 radical (unpaired) electrons. The minimum atomic E-state index is 0.00111. The quantitative estimate of drug-likeness (QED) is 0.624. The molecule has 0 bridgehead atoms. The molecule has 0 aromatic carbocycles. The number of rotatable bonds is 4. The zero-order valence-corrected chi connectivity index (χ0v) is 7.28. The van der Waals surface area contributed by atoms with Gasteiger partial charge in [-0.15, -0.1) is 0 Å². The molecule has 0 saturated heterocycles. The van der Waals surface area contributed by atoms with Gasteiger partial charge in [-0.05, 0) is 14.1 Å². The van der Waals surface area contributed by atoms with E-state index in [0.29, 0.717) is 12.2 Å². The van der Waals surface area contributed by atoms with Crippen molar-refractivity contribution in [3.8, 4) is 0 Å². The van der Waals surface area contributed by atoms with E-state index in [-0.39, 0.29) is 5.78 Å². The Labute approximate surface area is 71.2 Å². The van der Waals surface area contributed by atoms with Crippen molar-refractivity contribution in [1.82, 2.24) is 9.88 Å². The summed E-state index contributed by atoms with van der Waals surface area (Å²) < 4.78 is 4.85. The summed E-state index contributed by atoms with van der Waals surface area (Å²) in [6, 6.07) is 0. The van der Waals surface area contributed by atoms with E-state index in [4.69, 9.17) is 4.42 Å². The molecule has 66 valence electrons. The molecule has 12 heavy (non-hydrogen) atoms. The molecule has 0 saturated carbocycles. The molecule has 0 unspecified atom stereocenters. The summed E-state index contributed by atoms with van der Waals surface area (Å²) in [6.45, 7) is 0.736. The zero-order valence-electron chi connectivity index (χ0n) is 7.28. The van der Waals surface area contributed by atoms with Crippen LogP contribution in [0.4, 0.5) is 0 Å². The standard InChI is InChI=1S/C8H12N2O2/c1-10(2)4-3-7(11)8-5-9-6-12-8/h5-6H,3-4H2,1-2H3. The maximum atomic E-state index is 11.2. The molecule has 1 aromatic rings. The van der Waals surface area contributed by atoms with E-state index in [1.807, 2.05) is 19.0 Å². The van der Waals surface area contributed by atoms with Gasteiger partial charge in [0.1, 0.15) is 0 Å². The summed E-state index contributed by atoms with van der Waals surface area (Å²) in [5, 5.41) is 0. The van der Waals surface area contributed by atoms with Gasteiger partial charge in [0.15, 0.2) is 12.2 Å².